The van der Waals surface area contributed by atoms with Crippen LogP contribution in [0.5, 0.6) is 0 Å². The molecule has 0 aliphatic heterocycles. The minimum atomic E-state index is -0.368. The van der Waals surface area contributed by atoms with E-state index in [1.165, 1.54) is 6.08 Å². The highest BCUT2D eigenvalue weighted by atomic mass is 16.7. The molecule has 3 heteroatoms. The van der Waals surface area contributed by atoms with Gasteiger partial charge in [-0.05, 0) is 20.8 Å². The first-order valence-electron chi connectivity index (χ1n) is 4.17. The summed E-state index contributed by atoms with van der Waals surface area (Å²) in [6, 6.07) is 0.263. The SMILES string of the molecule is C=CC(=O)O[N+](C)(CC)C(C)C. The molecular weight excluding hydrogens is 154 g/mol. The van der Waals surface area contributed by atoms with Gasteiger partial charge in [-0.25, -0.2) is 4.79 Å². The standard InChI is InChI=1S/C9H18NO2/c1-6-9(11)12-10(5,7-2)8(3)4/h6,8H,1,7H2,2-5H3/q+1. The van der Waals surface area contributed by atoms with Crippen LogP contribution in [0.3, 0.4) is 0 Å². The van der Waals surface area contributed by atoms with E-state index in [1.807, 2.05) is 27.8 Å². The molecule has 3 nitrogen and oxygen atoms in total. The fourth-order valence-corrected chi connectivity index (χ4v) is 0.778. The first-order valence-corrected chi connectivity index (χ1v) is 4.17. The summed E-state index contributed by atoms with van der Waals surface area (Å²) in [5.74, 6) is -0.368. The van der Waals surface area contributed by atoms with Crippen LogP contribution in [0.4, 0.5) is 0 Å². The molecule has 0 aromatic heterocycles. The number of carbonyl (C=O) groups is 1. The Morgan fingerprint density at radius 1 is 1.67 bits per heavy atom. The average molecular weight is 172 g/mol. The van der Waals surface area contributed by atoms with Crippen LogP contribution in [-0.4, -0.2) is 30.2 Å². The van der Waals surface area contributed by atoms with Crippen LogP contribution in [0.1, 0.15) is 20.8 Å². The third-order valence-corrected chi connectivity index (χ3v) is 2.19. The van der Waals surface area contributed by atoms with Crippen LogP contribution in [0.25, 0.3) is 0 Å². The van der Waals surface area contributed by atoms with Gasteiger partial charge in [-0.2, -0.15) is 0 Å². The monoisotopic (exact) mass is 172 g/mol. The van der Waals surface area contributed by atoms with E-state index in [0.717, 1.165) is 6.54 Å². The number of hydrogen-bond donors (Lipinski definition) is 0. The van der Waals surface area contributed by atoms with E-state index < -0.39 is 0 Å². The number of hydrogen-bond acceptors (Lipinski definition) is 2. The van der Waals surface area contributed by atoms with Gasteiger partial charge < -0.3 is 0 Å². The molecule has 0 heterocycles. The Bertz CT molecular complexity index is 177. The van der Waals surface area contributed by atoms with Crippen LogP contribution in [-0.2, 0) is 9.63 Å². The lowest BCUT2D eigenvalue weighted by Crippen LogP contribution is -2.50. The molecule has 0 N–H and O–H groups in total. The van der Waals surface area contributed by atoms with Gasteiger partial charge in [0.05, 0.1) is 0 Å². The maximum atomic E-state index is 10.9. The van der Waals surface area contributed by atoms with Crippen LogP contribution in [0, 0.1) is 0 Å². The van der Waals surface area contributed by atoms with Crippen molar-refractivity contribution in [1.82, 2.24) is 0 Å². The fraction of sp³-hybridized carbons (Fsp3) is 0.667. The van der Waals surface area contributed by atoms with Crippen molar-refractivity contribution in [3.05, 3.63) is 12.7 Å². The highest BCUT2D eigenvalue weighted by Crippen LogP contribution is 2.10. The molecular formula is C9H18NO2+. The van der Waals surface area contributed by atoms with E-state index in [4.69, 9.17) is 4.84 Å². The third-order valence-electron chi connectivity index (χ3n) is 2.19. The molecule has 0 amide bonds. The van der Waals surface area contributed by atoms with Gasteiger partial charge in [0.1, 0.15) is 19.6 Å². The molecule has 0 fully saturated rings. The summed E-state index contributed by atoms with van der Waals surface area (Å²) in [6.07, 6.45) is 1.19. The topological polar surface area (TPSA) is 26.3 Å². The maximum absolute atomic E-state index is 10.9. The molecule has 0 saturated carbocycles. The molecule has 70 valence electrons. The Hall–Kier alpha value is -0.830. The molecule has 0 aromatic carbocycles. The van der Waals surface area contributed by atoms with E-state index >= 15 is 0 Å². The van der Waals surface area contributed by atoms with Gasteiger partial charge in [0.25, 0.3) is 0 Å². The van der Waals surface area contributed by atoms with Gasteiger partial charge >= 0.3 is 5.97 Å². The van der Waals surface area contributed by atoms with Crippen LogP contribution >= 0.6 is 0 Å². The quantitative estimate of drug-likeness (QED) is 0.365. The van der Waals surface area contributed by atoms with Crippen molar-refractivity contribution in [3.8, 4) is 0 Å². The van der Waals surface area contributed by atoms with Gasteiger partial charge in [-0.1, -0.05) is 6.58 Å². The molecule has 0 aliphatic rings. The zero-order valence-electron chi connectivity index (χ0n) is 8.33. The summed E-state index contributed by atoms with van der Waals surface area (Å²) in [7, 11) is 1.88. The second kappa shape index (κ2) is 4.26. The van der Waals surface area contributed by atoms with Gasteiger partial charge in [0.15, 0.2) is 0 Å². The Labute approximate surface area is 74.2 Å². The number of hydroxylamine groups is 3. The fourth-order valence-electron chi connectivity index (χ4n) is 0.778. The zero-order valence-corrected chi connectivity index (χ0v) is 8.33. The summed E-state index contributed by atoms with van der Waals surface area (Å²) in [6.45, 7) is 10.1. The van der Waals surface area contributed by atoms with Crippen LogP contribution in [0.2, 0.25) is 0 Å². The normalized spacial score (nSPS) is 15.4. The highest BCUT2D eigenvalue weighted by Gasteiger charge is 2.28. The molecule has 0 aromatic rings. The summed E-state index contributed by atoms with van der Waals surface area (Å²) in [5, 5.41) is 0. The second-order valence-corrected chi connectivity index (χ2v) is 3.20. The van der Waals surface area contributed by atoms with E-state index in [-0.39, 0.29) is 12.0 Å². The molecule has 0 aliphatic carbocycles. The van der Waals surface area contributed by atoms with E-state index in [9.17, 15) is 4.79 Å². The third kappa shape index (κ3) is 2.66. The first kappa shape index (κ1) is 11.2. The molecule has 0 radical (unpaired) electrons. The lowest BCUT2D eigenvalue weighted by atomic mass is 10.3. The lowest BCUT2D eigenvalue weighted by molar-refractivity contribution is -1.09. The van der Waals surface area contributed by atoms with E-state index in [2.05, 4.69) is 6.58 Å². The van der Waals surface area contributed by atoms with Crippen molar-refractivity contribution in [2.24, 2.45) is 0 Å². The van der Waals surface area contributed by atoms with Gasteiger partial charge in [0.2, 0.25) is 0 Å². The molecule has 0 spiro atoms. The van der Waals surface area contributed by atoms with Crippen molar-refractivity contribution in [2.75, 3.05) is 13.6 Å². The lowest BCUT2D eigenvalue weighted by Gasteiger charge is -2.32. The van der Waals surface area contributed by atoms with Crippen LogP contribution < -0.4 is 0 Å². The first-order chi connectivity index (χ1) is 5.46. The minimum Gasteiger partial charge on any atom is -0.272 e. The van der Waals surface area contributed by atoms with Gasteiger partial charge in [0, 0.05) is 6.08 Å². The number of rotatable bonds is 4. The smallest absolute Gasteiger partial charge is 0.272 e. The van der Waals surface area contributed by atoms with Crippen molar-refractivity contribution < 1.29 is 14.3 Å². The molecule has 1 atom stereocenters. The maximum Gasteiger partial charge on any atom is 0.389 e. The largest absolute Gasteiger partial charge is 0.389 e. The predicted molar refractivity (Wildman–Crippen MR) is 48.2 cm³/mol. The highest BCUT2D eigenvalue weighted by molar-refractivity contribution is 5.80. The molecule has 0 saturated heterocycles. The number of nitrogens with zero attached hydrogens (tertiary/aromatic N) is 1. The Kier molecular flexibility index (Phi) is 3.96. The van der Waals surface area contributed by atoms with Gasteiger partial charge in [-0.15, -0.1) is 4.65 Å². The van der Waals surface area contributed by atoms with Gasteiger partial charge in [-0.3, -0.25) is 4.84 Å². The summed E-state index contributed by atoms with van der Waals surface area (Å²) < 4.78 is 0.296. The van der Waals surface area contributed by atoms with Crippen molar-refractivity contribution >= 4 is 5.97 Å². The van der Waals surface area contributed by atoms with Crippen molar-refractivity contribution in [1.29, 1.82) is 0 Å². The van der Waals surface area contributed by atoms with Crippen LogP contribution in [0.15, 0.2) is 12.7 Å². The minimum absolute atomic E-state index is 0.263. The molecule has 0 bridgehead atoms. The average Bonchev–Trinajstić information content (AvgIpc) is 2.03. The Morgan fingerprint density at radius 3 is 2.42 bits per heavy atom. The summed E-state index contributed by atoms with van der Waals surface area (Å²) >= 11 is 0. The molecule has 12 heavy (non-hydrogen) atoms. The number of quaternary nitrogens is 1. The van der Waals surface area contributed by atoms with Crippen molar-refractivity contribution in [2.45, 2.75) is 26.8 Å². The van der Waals surface area contributed by atoms with Crippen molar-refractivity contribution in [3.63, 3.8) is 0 Å². The van der Waals surface area contributed by atoms with E-state index in [1.54, 1.807) is 0 Å². The zero-order chi connectivity index (χ0) is 9.78. The Morgan fingerprint density at radius 2 is 2.17 bits per heavy atom. The Balaban J connectivity index is 4.33. The predicted octanol–water partition coefficient (Wildman–Crippen LogP) is 1.51. The molecule has 1 unspecified atom stereocenters. The summed E-state index contributed by atoms with van der Waals surface area (Å²) in [5.41, 5.74) is 0. The summed E-state index contributed by atoms with van der Waals surface area (Å²) in [4.78, 5) is 16.1. The number of carbonyl (C=O) groups excluding carboxylic acids is 1. The van der Waals surface area contributed by atoms with E-state index in [0.29, 0.717) is 4.65 Å². The second-order valence-electron chi connectivity index (χ2n) is 3.20. The molecule has 0 rings (SSSR count).